The normalized spacial score (nSPS) is 27.1. The molecule has 14 heavy (non-hydrogen) atoms. The monoisotopic (exact) mass is 187 g/mol. The summed E-state index contributed by atoms with van der Waals surface area (Å²) >= 11 is 0. The molecule has 0 aromatic heterocycles. The molecule has 73 valence electrons. The van der Waals surface area contributed by atoms with Crippen molar-refractivity contribution in [2.75, 3.05) is 0 Å². The van der Waals surface area contributed by atoms with Gasteiger partial charge in [0.1, 0.15) is 0 Å². The van der Waals surface area contributed by atoms with Crippen LogP contribution in [0.4, 0.5) is 0 Å². The minimum Gasteiger partial charge on any atom is -0.291 e. The van der Waals surface area contributed by atoms with Gasteiger partial charge in [-0.2, -0.15) is 0 Å². The first-order valence-electron chi connectivity index (χ1n) is 5.33. The molecule has 0 spiro atoms. The molecule has 0 amide bonds. The van der Waals surface area contributed by atoms with Crippen molar-refractivity contribution in [2.45, 2.75) is 31.6 Å². The maximum Gasteiger partial charge on any atom is 0.201 e. The highest BCUT2D eigenvalue weighted by molar-refractivity contribution is 5.54. The summed E-state index contributed by atoms with van der Waals surface area (Å²) in [7, 11) is 0. The van der Waals surface area contributed by atoms with Gasteiger partial charge in [-0.25, -0.2) is 0 Å². The summed E-state index contributed by atoms with van der Waals surface area (Å²) in [5.41, 5.74) is 1.43. The van der Waals surface area contributed by atoms with Crippen molar-refractivity contribution < 1.29 is 4.79 Å². The van der Waals surface area contributed by atoms with Gasteiger partial charge in [-0.05, 0) is 37.2 Å². The van der Waals surface area contributed by atoms with Crippen LogP contribution in [-0.4, -0.2) is 6.29 Å². The lowest BCUT2D eigenvalue weighted by Crippen LogP contribution is -2.13. The standard InChI is InChI=1S/C13H15O/c14-10-11-6-8-13(9-7-11)12-4-2-1-3-5-12/h1-5,11,13H,6-9H2. The summed E-state index contributed by atoms with van der Waals surface area (Å²) in [6.07, 6.45) is 6.45. The first-order chi connectivity index (χ1) is 6.90. The lowest BCUT2D eigenvalue weighted by atomic mass is 9.79. The number of hydrogen-bond donors (Lipinski definition) is 0. The molecule has 2 rings (SSSR count). The van der Waals surface area contributed by atoms with Gasteiger partial charge in [0.05, 0.1) is 0 Å². The van der Waals surface area contributed by atoms with Crippen LogP contribution in [0.15, 0.2) is 30.3 Å². The van der Waals surface area contributed by atoms with Crippen LogP contribution in [0.25, 0.3) is 0 Å². The highest BCUT2D eigenvalue weighted by atomic mass is 16.1. The third kappa shape index (κ3) is 2.03. The minimum atomic E-state index is 0.204. The van der Waals surface area contributed by atoms with Crippen LogP contribution in [0.5, 0.6) is 0 Å². The molecule has 1 fully saturated rings. The van der Waals surface area contributed by atoms with Crippen molar-refractivity contribution in [3.8, 4) is 0 Å². The average Bonchev–Trinajstić information content (AvgIpc) is 2.30. The molecular formula is C13H15O. The van der Waals surface area contributed by atoms with E-state index in [1.54, 1.807) is 0 Å². The van der Waals surface area contributed by atoms with Crippen molar-refractivity contribution >= 4 is 6.29 Å². The maximum absolute atomic E-state index is 10.5. The van der Waals surface area contributed by atoms with E-state index in [1.807, 2.05) is 6.07 Å². The van der Waals surface area contributed by atoms with Crippen LogP contribution in [-0.2, 0) is 4.79 Å². The molecule has 0 N–H and O–H groups in total. The summed E-state index contributed by atoms with van der Waals surface area (Å²) in [5, 5.41) is 0. The van der Waals surface area contributed by atoms with Gasteiger partial charge in [-0.15, -0.1) is 0 Å². The minimum absolute atomic E-state index is 0.204. The topological polar surface area (TPSA) is 17.1 Å². The molecule has 0 heterocycles. The number of rotatable bonds is 2. The molecule has 0 atom stereocenters. The molecule has 1 aliphatic carbocycles. The summed E-state index contributed by atoms with van der Waals surface area (Å²) in [6, 6.07) is 10.6. The van der Waals surface area contributed by atoms with Gasteiger partial charge in [0.2, 0.25) is 6.29 Å². The van der Waals surface area contributed by atoms with Crippen molar-refractivity contribution in [3.63, 3.8) is 0 Å². The molecule has 1 aromatic rings. The van der Waals surface area contributed by atoms with Crippen LogP contribution in [0.1, 0.15) is 37.2 Å². The Labute approximate surface area is 85.1 Å². The van der Waals surface area contributed by atoms with Crippen molar-refractivity contribution in [1.29, 1.82) is 0 Å². The van der Waals surface area contributed by atoms with Crippen molar-refractivity contribution in [3.05, 3.63) is 35.9 Å². The molecule has 0 unspecified atom stereocenters. The van der Waals surface area contributed by atoms with Gasteiger partial charge in [-0.1, -0.05) is 30.3 Å². The molecular weight excluding hydrogens is 172 g/mol. The van der Waals surface area contributed by atoms with E-state index in [9.17, 15) is 4.79 Å². The van der Waals surface area contributed by atoms with E-state index < -0.39 is 0 Å². The van der Waals surface area contributed by atoms with E-state index in [-0.39, 0.29) is 5.92 Å². The third-order valence-electron chi connectivity index (χ3n) is 3.16. The zero-order chi connectivity index (χ0) is 9.80. The van der Waals surface area contributed by atoms with Gasteiger partial charge >= 0.3 is 0 Å². The molecule has 1 nitrogen and oxygen atoms in total. The molecule has 1 saturated carbocycles. The van der Waals surface area contributed by atoms with Crippen LogP contribution in [0.3, 0.4) is 0 Å². The third-order valence-corrected chi connectivity index (χ3v) is 3.16. The second-order valence-electron chi connectivity index (χ2n) is 4.08. The van der Waals surface area contributed by atoms with Crippen molar-refractivity contribution in [2.24, 2.45) is 5.92 Å². The number of benzene rings is 1. The lowest BCUT2D eigenvalue weighted by Gasteiger charge is -2.25. The predicted molar refractivity (Wildman–Crippen MR) is 56.8 cm³/mol. The first-order valence-corrected chi connectivity index (χ1v) is 5.33. The lowest BCUT2D eigenvalue weighted by molar-refractivity contribution is 0.377. The Hall–Kier alpha value is -1.11. The van der Waals surface area contributed by atoms with Crippen LogP contribution >= 0.6 is 0 Å². The van der Waals surface area contributed by atoms with Gasteiger partial charge in [0.25, 0.3) is 0 Å². The second kappa shape index (κ2) is 4.41. The van der Waals surface area contributed by atoms with Gasteiger partial charge in [0, 0.05) is 5.92 Å². The largest absolute Gasteiger partial charge is 0.291 e. The molecule has 1 radical (unpaired) electrons. The van der Waals surface area contributed by atoms with E-state index in [2.05, 4.69) is 30.6 Å². The van der Waals surface area contributed by atoms with E-state index in [4.69, 9.17) is 0 Å². The van der Waals surface area contributed by atoms with Crippen LogP contribution < -0.4 is 0 Å². The summed E-state index contributed by atoms with van der Waals surface area (Å²) in [6.45, 7) is 0. The van der Waals surface area contributed by atoms with E-state index in [0.717, 1.165) is 25.7 Å². The average molecular weight is 187 g/mol. The summed E-state index contributed by atoms with van der Waals surface area (Å²) < 4.78 is 0. The Kier molecular flexibility index (Phi) is 2.97. The molecule has 0 bridgehead atoms. The Balaban J connectivity index is 1.99. The van der Waals surface area contributed by atoms with E-state index in [0.29, 0.717) is 5.92 Å². The molecule has 1 aromatic carbocycles. The first kappa shape index (κ1) is 9.45. The summed E-state index contributed by atoms with van der Waals surface area (Å²) in [4.78, 5) is 10.5. The SMILES string of the molecule is O=[C]C1CCC(c2ccccc2)CC1. The van der Waals surface area contributed by atoms with Gasteiger partial charge in [-0.3, -0.25) is 4.79 Å². The maximum atomic E-state index is 10.5. The van der Waals surface area contributed by atoms with Gasteiger partial charge < -0.3 is 0 Å². The summed E-state index contributed by atoms with van der Waals surface area (Å²) in [5.74, 6) is 0.871. The highest BCUT2D eigenvalue weighted by Crippen LogP contribution is 2.34. The van der Waals surface area contributed by atoms with Crippen LogP contribution in [0.2, 0.25) is 0 Å². The Morgan fingerprint density at radius 2 is 1.64 bits per heavy atom. The molecule has 1 aliphatic rings. The molecule has 0 aliphatic heterocycles. The van der Waals surface area contributed by atoms with E-state index >= 15 is 0 Å². The Bertz CT molecular complexity index is 283. The predicted octanol–water partition coefficient (Wildman–Crippen LogP) is 3.07. The molecule has 1 heteroatoms. The Morgan fingerprint density at radius 1 is 1.00 bits per heavy atom. The second-order valence-corrected chi connectivity index (χ2v) is 4.08. The highest BCUT2D eigenvalue weighted by Gasteiger charge is 2.21. The number of carbonyl (C=O) groups excluding carboxylic acids is 1. The quantitative estimate of drug-likeness (QED) is 0.695. The van der Waals surface area contributed by atoms with Crippen molar-refractivity contribution in [1.82, 2.24) is 0 Å². The van der Waals surface area contributed by atoms with E-state index in [1.165, 1.54) is 5.56 Å². The smallest absolute Gasteiger partial charge is 0.201 e. The fourth-order valence-electron chi connectivity index (χ4n) is 2.27. The molecule has 0 saturated heterocycles. The van der Waals surface area contributed by atoms with Gasteiger partial charge in [0.15, 0.2) is 0 Å². The van der Waals surface area contributed by atoms with Crippen LogP contribution in [0, 0.1) is 5.92 Å². The Morgan fingerprint density at radius 3 is 2.21 bits per heavy atom. The fraction of sp³-hybridized carbons (Fsp3) is 0.462. The zero-order valence-corrected chi connectivity index (χ0v) is 8.28. The fourth-order valence-corrected chi connectivity index (χ4v) is 2.27. The number of hydrogen-bond acceptors (Lipinski definition) is 1. The zero-order valence-electron chi connectivity index (χ0n) is 8.28.